The number of benzene rings is 2. The zero-order valence-corrected chi connectivity index (χ0v) is 38.6. The second-order valence-electron chi connectivity index (χ2n) is 18.8. The summed E-state index contributed by atoms with van der Waals surface area (Å²) in [4.78, 5) is 75.1. The van der Waals surface area contributed by atoms with Gasteiger partial charge in [0.25, 0.3) is 0 Å². The molecule has 66 heavy (non-hydrogen) atoms. The van der Waals surface area contributed by atoms with Crippen molar-refractivity contribution in [2.24, 2.45) is 47.3 Å². The molecule has 4 aliphatic rings. The van der Waals surface area contributed by atoms with Crippen molar-refractivity contribution < 1.29 is 62.3 Å². The number of unbranched alkanes of at least 4 members (excludes halogenated alkanes) is 2. The van der Waals surface area contributed by atoms with Crippen LogP contribution in [-0.2, 0) is 54.3 Å². The van der Waals surface area contributed by atoms with Gasteiger partial charge >= 0.3 is 35.8 Å². The van der Waals surface area contributed by atoms with E-state index in [2.05, 4.69) is 13.2 Å². The molecule has 0 bridgehead atoms. The molecule has 0 aromatic heterocycles. The number of hydrogen-bond acceptors (Lipinski definition) is 13. The lowest BCUT2D eigenvalue weighted by Crippen LogP contribution is -2.32. The molecule has 0 radical (unpaired) electrons. The van der Waals surface area contributed by atoms with Crippen LogP contribution in [0.5, 0.6) is 11.5 Å². The Bertz CT molecular complexity index is 1980. The topological polar surface area (TPSA) is 178 Å². The van der Waals surface area contributed by atoms with Gasteiger partial charge in [0, 0.05) is 28.5 Å². The van der Waals surface area contributed by atoms with E-state index in [0.29, 0.717) is 103 Å². The number of hydrogen-bond donors (Lipinski definition) is 1. The molecule has 0 spiro atoms. The smallest absolute Gasteiger partial charge is 0.330 e. The summed E-state index contributed by atoms with van der Waals surface area (Å²) in [5.74, 6) is 0.179. The van der Waals surface area contributed by atoms with Gasteiger partial charge < -0.3 is 33.5 Å². The Balaban J connectivity index is 0.915. The van der Waals surface area contributed by atoms with E-state index < -0.39 is 18.5 Å². The summed E-state index contributed by atoms with van der Waals surface area (Å²) in [6.07, 6.45) is 18.4. The van der Waals surface area contributed by atoms with Crippen molar-refractivity contribution in [2.45, 2.75) is 135 Å². The molecular weight excluding hydrogens is 845 g/mol. The Hall–Kier alpha value is -5.04. The molecule has 6 rings (SSSR count). The number of esters is 6. The Morgan fingerprint density at radius 3 is 1.21 bits per heavy atom. The third-order valence-corrected chi connectivity index (χ3v) is 14.8. The highest BCUT2D eigenvalue weighted by atomic mass is 16.6. The van der Waals surface area contributed by atoms with Gasteiger partial charge in [0.15, 0.2) is 0 Å². The molecule has 0 heterocycles. The molecule has 13 heteroatoms. The van der Waals surface area contributed by atoms with Crippen LogP contribution in [0.25, 0.3) is 10.8 Å². The molecule has 2 aromatic rings. The maximum atomic E-state index is 13.7. The van der Waals surface area contributed by atoms with Crippen molar-refractivity contribution in [3.63, 3.8) is 0 Å². The van der Waals surface area contributed by atoms with Gasteiger partial charge in [0.05, 0.1) is 56.7 Å². The minimum absolute atomic E-state index is 0.0867. The number of rotatable bonds is 21. The van der Waals surface area contributed by atoms with Gasteiger partial charge in [-0.1, -0.05) is 37.4 Å². The summed E-state index contributed by atoms with van der Waals surface area (Å²) in [7, 11) is 0. The van der Waals surface area contributed by atoms with Crippen molar-refractivity contribution >= 4 is 46.6 Å². The third kappa shape index (κ3) is 14.2. The van der Waals surface area contributed by atoms with Crippen molar-refractivity contribution in [3.8, 4) is 11.5 Å². The standard InChI is InChI=1S/C53H70O13/c1-3-47(55)61-29-7-9-31-63-50(57)39-21-13-35(14-22-39)37-17-25-41(26-18-37)52(59)65-46-33-43(34-54)49(45-12-6-5-11-44(45)46)66-53(60)42-27-19-38(20-28-42)36-15-23-40(24-16-36)51(58)64-32-10-8-30-62-48(56)4-2/h3-6,11-12,33,35-42,54H,1-2,7-10,13-32,34H2. The van der Waals surface area contributed by atoms with Crippen molar-refractivity contribution in [3.05, 3.63) is 61.2 Å². The SMILES string of the molecule is C=CC(=O)OCCCCOC(=O)C1CCC(C2CCC(C(=O)Oc3cc(CO)c(OC(=O)C4CCC(C5CCC(C(=O)OCCCCOC(=O)C=C)CC5)CC4)c4ccccc34)CC2)CC1. The number of aliphatic hydroxyl groups excluding tert-OH is 1. The lowest BCUT2D eigenvalue weighted by molar-refractivity contribution is -0.151. The van der Waals surface area contributed by atoms with Gasteiger partial charge in [0.2, 0.25) is 0 Å². The van der Waals surface area contributed by atoms with Crippen LogP contribution in [0.2, 0.25) is 0 Å². The fourth-order valence-corrected chi connectivity index (χ4v) is 10.8. The fraction of sp³-hybridized carbons (Fsp3) is 0.623. The Morgan fingerprint density at radius 2 is 0.833 bits per heavy atom. The van der Waals surface area contributed by atoms with E-state index in [0.717, 1.165) is 102 Å². The van der Waals surface area contributed by atoms with Crippen LogP contribution < -0.4 is 9.47 Å². The molecule has 0 amide bonds. The minimum atomic E-state index is -0.454. The first-order valence-electron chi connectivity index (χ1n) is 24.6. The number of carbonyl (C=O) groups is 6. The fourth-order valence-electron chi connectivity index (χ4n) is 10.8. The quantitative estimate of drug-likeness (QED) is 0.0412. The highest BCUT2D eigenvalue weighted by molar-refractivity contribution is 5.97. The first-order chi connectivity index (χ1) is 32.1. The van der Waals surface area contributed by atoms with Crippen molar-refractivity contribution in [1.29, 1.82) is 0 Å². The van der Waals surface area contributed by atoms with Gasteiger partial charge in [-0.15, -0.1) is 0 Å². The maximum Gasteiger partial charge on any atom is 0.330 e. The number of ether oxygens (including phenoxy) is 6. The largest absolute Gasteiger partial charge is 0.465 e. The summed E-state index contributed by atoms with van der Waals surface area (Å²) in [6, 6.07) is 8.99. The number of aliphatic hydroxyl groups is 1. The molecule has 0 saturated heterocycles. The van der Waals surface area contributed by atoms with Crippen LogP contribution in [0.4, 0.5) is 0 Å². The molecule has 1 N–H and O–H groups in total. The zero-order chi connectivity index (χ0) is 46.8. The first kappa shape index (κ1) is 50.4. The second kappa shape index (κ2) is 25.8. The summed E-state index contributed by atoms with van der Waals surface area (Å²) in [5.41, 5.74) is 0.387. The van der Waals surface area contributed by atoms with Crippen molar-refractivity contribution in [1.82, 2.24) is 0 Å². The number of fused-ring (bicyclic) bond motifs is 1. The molecular formula is C53H70O13. The summed E-state index contributed by atoms with van der Waals surface area (Å²) in [6.45, 7) is 7.54. The predicted molar refractivity (Wildman–Crippen MR) is 246 cm³/mol. The van der Waals surface area contributed by atoms with Gasteiger partial charge in [0.1, 0.15) is 11.5 Å². The van der Waals surface area contributed by atoms with E-state index in [1.54, 1.807) is 6.07 Å². The van der Waals surface area contributed by atoms with Gasteiger partial charge in [-0.2, -0.15) is 0 Å². The lowest BCUT2D eigenvalue weighted by Gasteiger charge is -2.37. The van der Waals surface area contributed by atoms with Crippen LogP contribution in [0.1, 0.15) is 134 Å². The van der Waals surface area contributed by atoms with E-state index in [4.69, 9.17) is 28.4 Å². The van der Waals surface area contributed by atoms with Crippen molar-refractivity contribution in [2.75, 3.05) is 26.4 Å². The van der Waals surface area contributed by atoms with Crippen LogP contribution in [0.3, 0.4) is 0 Å². The first-order valence-corrected chi connectivity index (χ1v) is 24.6. The molecule has 0 unspecified atom stereocenters. The van der Waals surface area contributed by atoms with Gasteiger partial charge in [-0.05, 0) is 158 Å². The number of carbonyl (C=O) groups excluding carboxylic acids is 6. The lowest BCUT2D eigenvalue weighted by atomic mass is 9.69. The van der Waals surface area contributed by atoms with Gasteiger partial charge in [-0.25, -0.2) is 9.59 Å². The molecule has 2 aromatic carbocycles. The predicted octanol–water partition coefficient (Wildman–Crippen LogP) is 9.47. The summed E-state index contributed by atoms with van der Waals surface area (Å²) < 4.78 is 33.2. The van der Waals surface area contributed by atoms with E-state index in [9.17, 15) is 33.9 Å². The van der Waals surface area contributed by atoms with Crippen LogP contribution in [0, 0.1) is 47.3 Å². The highest BCUT2D eigenvalue weighted by Crippen LogP contribution is 2.45. The molecule has 4 saturated carbocycles. The zero-order valence-electron chi connectivity index (χ0n) is 38.6. The Morgan fingerprint density at radius 1 is 0.485 bits per heavy atom. The Labute approximate surface area is 389 Å². The van der Waals surface area contributed by atoms with Gasteiger partial charge in [-0.3, -0.25) is 19.2 Å². The second-order valence-corrected chi connectivity index (χ2v) is 18.8. The van der Waals surface area contributed by atoms with E-state index >= 15 is 0 Å². The highest BCUT2D eigenvalue weighted by Gasteiger charge is 2.38. The molecule has 360 valence electrons. The molecule has 4 aliphatic carbocycles. The summed E-state index contributed by atoms with van der Waals surface area (Å²) >= 11 is 0. The van der Waals surface area contributed by atoms with Crippen LogP contribution in [0.15, 0.2) is 55.6 Å². The molecule has 0 aliphatic heterocycles. The normalized spacial score (nSPS) is 25.4. The maximum absolute atomic E-state index is 13.7. The van der Waals surface area contributed by atoms with E-state index in [1.807, 2.05) is 24.3 Å². The molecule has 4 fully saturated rings. The van der Waals surface area contributed by atoms with Crippen LogP contribution >= 0.6 is 0 Å². The Kier molecular flexibility index (Phi) is 19.7. The van der Waals surface area contributed by atoms with E-state index in [1.165, 1.54) is 0 Å². The monoisotopic (exact) mass is 914 g/mol. The third-order valence-electron chi connectivity index (χ3n) is 14.8. The average Bonchev–Trinajstić information content (AvgIpc) is 3.36. The average molecular weight is 915 g/mol. The minimum Gasteiger partial charge on any atom is -0.465 e. The molecule has 0 atom stereocenters. The summed E-state index contributed by atoms with van der Waals surface area (Å²) in [5, 5.41) is 11.7. The van der Waals surface area contributed by atoms with E-state index in [-0.39, 0.29) is 60.8 Å². The van der Waals surface area contributed by atoms with Crippen LogP contribution in [-0.4, -0.2) is 67.3 Å². The molecule has 13 nitrogen and oxygen atoms in total.